The summed E-state index contributed by atoms with van der Waals surface area (Å²) in [6, 6.07) is 7.66. The van der Waals surface area contributed by atoms with E-state index in [4.69, 9.17) is 6.57 Å². The van der Waals surface area contributed by atoms with E-state index < -0.39 is 17.6 Å². The Balaban J connectivity index is 1.48. The van der Waals surface area contributed by atoms with Crippen LogP contribution in [0.2, 0.25) is 0 Å². The molecule has 5 atom stereocenters. The summed E-state index contributed by atoms with van der Waals surface area (Å²) in [6.07, 6.45) is 4.72. The molecule has 7 heteroatoms. The van der Waals surface area contributed by atoms with Crippen LogP contribution in [0.4, 0.5) is 0 Å². The van der Waals surface area contributed by atoms with Gasteiger partial charge in [-0.25, -0.2) is 11.6 Å². The molecule has 2 fully saturated rings. The first-order valence-corrected chi connectivity index (χ1v) is 12.4. The van der Waals surface area contributed by atoms with Crippen molar-refractivity contribution in [3.05, 3.63) is 58.4 Å². The molecule has 0 amide bonds. The van der Waals surface area contributed by atoms with Gasteiger partial charge in [0, 0.05) is 41.0 Å². The number of hydrogen-bond donors (Lipinski definition) is 3. The minimum absolute atomic E-state index is 0.00276. The Morgan fingerprint density at radius 3 is 2.63 bits per heavy atom. The molecular formula is C23H28N2O3S2. The van der Waals surface area contributed by atoms with Crippen molar-refractivity contribution >= 4 is 23.1 Å². The number of thioether (sulfide) groups is 1. The van der Waals surface area contributed by atoms with Crippen molar-refractivity contribution in [2.24, 2.45) is 11.3 Å². The molecule has 2 aromatic rings. The summed E-state index contributed by atoms with van der Waals surface area (Å²) in [7, 11) is 0. The van der Waals surface area contributed by atoms with E-state index in [0.29, 0.717) is 6.42 Å². The van der Waals surface area contributed by atoms with Gasteiger partial charge in [0.25, 0.3) is 0 Å². The highest BCUT2D eigenvalue weighted by Crippen LogP contribution is 2.50. The second-order valence-electron chi connectivity index (χ2n) is 8.57. The molecule has 0 radical (unpaired) electrons. The number of hydrogen-bond acceptors (Lipinski definition) is 6. The van der Waals surface area contributed by atoms with Crippen molar-refractivity contribution in [3.63, 3.8) is 0 Å². The van der Waals surface area contributed by atoms with Gasteiger partial charge in [-0.1, -0.05) is 42.4 Å². The van der Waals surface area contributed by atoms with Crippen LogP contribution in [0.5, 0.6) is 0 Å². The molecule has 0 aliphatic heterocycles. The number of thiazole rings is 1. The Morgan fingerprint density at radius 2 is 2.07 bits per heavy atom. The summed E-state index contributed by atoms with van der Waals surface area (Å²) in [4.78, 5) is 8.13. The number of aromatic nitrogens is 1. The zero-order valence-corrected chi connectivity index (χ0v) is 18.5. The fourth-order valence-electron chi connectivity index (χ4n) is 5.05. The fourth-order valence-corrected chi connectivity index (χ4v) is 6.80. The predicted molar refractivity (Wildman–Crippen MR) is 119 cm³/mol. The second kappa shape index (κ2) is 9.37. The van der Waals surface area contributed by atoms with Crippen molar-refractivity contribution in [1.82, 2.24) is 4.98 Å². The van der Waals surface area contributed by atoms with Gasteiger partial charge in [-0.15, -0.1) is 11.3 Å². The molecule has 2 aliphatic carbocycles. The van der Waals surface area contributed by atoms with Crippen molar-refractivity contribution in [1.29, 1.82) is 0 Å². The summed E-state index contributed by atoms with van der Waals surface area (Å²) in [5.41, 5.74) is 1.44. The molecule has 160 valence electrons. The van der Waals surface area contributed by atoms with E-state index in [0.717, 1.165) is 46.9 Å². The molecule has 2 aliphatic rings. The van der Waals surface area contributed by atoms with Crippen molar-refractivity contribution in [3.8, 4) is 0 Å². The first-order valence-electron chi connectivity index (χ1n) is 10.5. The van der Waals surface area contributed by atoms with Gasteiger partial charge in [0.1, 0.15) is 4.34 Å². The van der Waals surface area contributed by atoms with Crippen LogP contribution in [-0.2, 0) is 0 Å². The van der Waals surface area contributed by atoms with E-state index in [-0.39, 0.29) is 24.5 Å². The molecular weight excluding hydrogens is 416 g/mol. The molecule has 1 aromatic carbocycles. The summed E-state index contributed by atoms with van der Waals surface area (Å²) < 4.78 is 1.04. The van der Waals surface area contributed by atoms with Crippen LogP contribution in [0.25, 0.3) is 4.85 Å². The zero-order valence-electron chi connectivity index (χ0n) is 16.9. The normalized spacial score (nSPS) is 28.6. The summed E-state index contributed by atoms with van der Waals surface area (Å²) in [6.45, 7) is 7.60. The van der Waals surface area contributed by atoms with Crippen LogP contribution >= 0.6 is 23.1 Å². The van der Waals surface area contributed by atoms with Gasteiger partial charge in [0.05, 0.1) is 18.8 Å². The van der Waals surface area contributed by atoms with Crippen molar-refractivity contribution in [2.45, 2.75) is 60.6 Å². The number of rotatable bonds is 8. The maximum absolute atomic E-state index is 10.8. The molecule has 2 saturated carbocycles. The largest absolute Gasteiger partial charge is 0.396 e. The Kier molecular flexibility index (Phi) is 6.81. The van der Waals surface area contributed by atoms with Crippen LogP contribution in [0.3, 0.4) is 0 Å². The zero-order chi connectivity index (χ0) is 21.1. The quantitative estimate of drug-likeness (QED) is 0.419. The lowest BCUT2D eigenvalue weighted by atomic mass is 9.64. The Hall–Kier alpha value is -1.43. The fraction of sp³-hybridized carbons (Fsp3) is 0.565. The lowest BCUT2D eigenvalue weighted by Crippen LogP contribution is -2.39. The molecule has 3 N–H and O–H groups in total. The van der Waals surface area contributed by atoms with Gasteiger partial charge >= 0.3 is 0 Å². The van der Waals surface area contributed by atoms with Gasteiger partial charge < -0.3 is 20.2 Å². The van der Waals surface area contributed by atoms with Crippen LogP contribution < -0.4 is 0 Å². The minimum atomic E-state index is -0.666. The average molecular weight is 445 g/mol. The highest BCUT2D eigenvalue weighted by molar-refractivity contribution is 8.00. The number of nitrogens with zero attached hydrogens (tertiary/aromatic N) is 2. The molecule has 30 heavy (non-hydrogen) atoms. The maximum atomic E-state index is 10.8. The molecule has 0 saturated heterocycles. The van der Waals surface area contributed by atoms with E-state index in [1.807, 2.05) is 29.6 Å². The number of aliphatic hydroxyl groups is 3. The SMILES string of the molecule is [C-]#[N+][C@@H]1C[C@@H](O)C(c2ccc(C(O)C3(CO)CCC3)cc2)C1CCSc1nccs1. The molecule has 3 unspecified atom stereocenters. The first kappa shape index (κ1) is 21.8. The van der Waals surface area contributed by atoms with Gasteiger partial charge in [0.15, 0.2) is 0 Å². The molecule has 5 nitrogen and oxygen atoms in total. The van der Waals surface area contributed by atoms with Crippen LogP contribution in [-0.4, -0.2) is 44.8 Å². The molecule has 0 bridgehead atoms. The van der Waals surface area contributed by atoms with E-state index >= 15 is 0 Å². The Labute approximate surface area is 186 Å². The van der Waals surface area contributed by atoms with Crippen LogP contribution in [0.15, 0.2) is 40.2 Å². The Bertz CT molecular complexity index is 856. The minimum Gasteiger partial charge on any atom is -0.396 e. The van der Waals surface area contributed by atoms with E-state index in [2.05, 4.69) is 9.83 Å². The third-order valence-electron chi connectivity index (χ3n) is 6.99. The smallest absolute Gasteiger partial charge is 0.229 e. The van der Waals surface area contributed by atoms with E-state index in [1.54, 1.807) is 29.3 Å². The summed E-state index contributed by atoms with van der Waals surface area (Å²) in [5, 5.41) is 33.2. The van der Waals surface area contributed by atoms with Crippen molar-refractivity contribution in [2.75, 3.05) is 12.4 Å². The number of benzene rings is 1. The van der Waals surface area contributed by atoms with Crippen LogP contribution in [0, 0.1) is 17.9 Å². The maximum Gasteiger partial charge on any atom is 0.229 e. The monoisotopic (exact) mass is 444 g/mol. The summed E-state index contributed by atoms with van der Waals surface area (Å²) >= 11 is 3.34. The predicted octanol–water partition coefficient (Wildman–Crippen LogP) is 4.27. The first-order chi connectivity index (χ1) is 14.6. The lowest BCUT2D eigenvalue weighted by molar-refractivity contribution is -0.0735. The van der Waals surface area contributed by atoms with Gasteiger partial charge in [-0.3, -0.25) is 0 Å². The molecule has 4 rings (SSSR count). The number of aliphatic hydroxyl groups excluding tert-OH is 3. The van der Waals surface area contributed by atoms with Crippen molar-refractivity contribution < 1.29 is 15.3 Å². The highest BCUT2D eigenvalue weighted by Gasteiger charge is 2.47. The van der Waals surface area contributed by atoms with Gasteiger partial charge in [0.2, 0.25) is 6.04 Å². The topological polar surface area (TPSA) is 77.9 Å². The van der Waals surface area contributed by atoms with E-state index in [1.165, 1.54) is 0 Å². The average Bonchev–Trinajstić information content (AvgIpc) is 3.35. The molecule has 1 heterocycles. The lowest BCUT2D eigenvalue weighted by Gasteiger charge is -2.44. The summed E-state index contributed by atoms with van der Waals surface area (Å²) in [5.74, 6) is 0.919. The molecule has 1 aromatic heterocycles. The van der Waals surface area contributed by atoms with E-state index in [9.17, 15) is 15.3 Å². The Morgan fingerprint density at radius 1 is 1.30 bits per heavy atom. The third-order valence-corrected chi connectivity index (χ3v) is 8.99. The standard InChI is InChI=1S/C23H28N2O3S2/c1-24-18-13-19(27)20(17(18)7-11-29-22-25-10-12-30-22)15-3-5-16(6-4-15)21(28)23(14-26)8-2-9-23/h3-6,10,12,17-21,26-28H,2,7-9,11,13-14H2/t17?,18-,19-,20?,21?/m1/s1. The molecule has 0 spiro atoms. The second-order valence-corrected chi connectivity index (χ2v) is 10.8. The van der Waals surface area contributed by atoms with Gasteiger partial charge in [-0.2, -0.15) is 0 Å². The third kappa shape index (κ3) is 4.17. The van der Waals surface area contributed by atoms with Crippen LogP contribution in [0.1, 0.15) is 55.3 Å². The highest BCUT2D eigenvalue weighted by atomic mass is 32.2. The van der Waals surface area contributed by atoms with Gasteiger partial charge in [-0.05, 0) is 30.4 Å².